The van der Waals surface area contributed by atoms with Crippen molar-refractivity contribution in [3.05, 3.63) is 41.7 Å². The van der Waals surface area contributed by atoms with Crippen molar-refractivity contribution < 1.29 is 0 Å². The summed E-state index contributed by atoms with van der Waals surface area (Å²) in [5, 5.41) is 0.638. The molecule has 0 radical (unpaired) electrons. The van der Waals surface area contributed by atoms with Crippen LogP contribution in [0.15, 0.2) is 31.0 Å². The maximum absolute atomic E-state index is 5.99. The first kappa shape index (κ1) is 11.2. The number of hydrazine groups is 1. The fourth-order valence-corrected chi connectivity index (χ4v) is 1.49. The second-order valence-electron chi connectivity index (χ2n) is 2.96. The quantitative estimate of drug-likeness (QED) is 0.446. The predicted octanol–water partition coefficient (Wildman–Crippen LogP) is 2.21. The highest BCUT2D eigenvalue weighted by Gasteiger charge is 2.12. The lowest BCUT2D eigenvalue weighted by Crippen LogP contribution is -2.28. The molecule has 0 spiro atoms. The van der Waals surface area contributed by atoms with E-state index in [0.717, 1.165) is 18.5 Å². The minimum atomic E-state index is -0.0123. The monoisotopic (exact) mass is 211 g/mol. The summed E-state index contributed by atoms with van der Waals surface area (Å²) < 4.78 is 0. The van der Waals surface area contributed by atoms with Crippen LogP contribution in [0.5, 0.6) is 0 Å². The average molecular weight is 212 g/mol. The van der Waals surface area contributed by atoms with E-state index < -0.39 is 0 Å². The van der Waals surface area contributed by atoms with Gasteiger partial charge in [0.2, 0.25) is 0 Å². The summed E-state index contributed by atoms with van der Waals surface area (Å²) in [5.74, 6) is 5.43. The molecule has 76 valence electrons. The summed E-state index contributed by atoms with van der Waals surface area (Å²) in [6, 6.07) is 3.59. The number of aromatic nitrogens is 1. The van der Waals surface area contributed by atoms with Gasteiger partial charge in [-0.1, -0.05) is 17.7 Å². The normalized spacial score (nSPS) is 12.4. The molecule has 1 unspecified atom stereocenters. The average Bonchev–Trinajstić information content (AvgIpc) is 2.21. The van der Waals surface area contributed by atoms with Gasteiger partial charge in [0.15, 0.2) is 0 Å². The van der Waals surface area contributed by atoms with Crippen LogP contribution in [0.3, 0.4) is 0 Å². The summed E-state index contributed by atoms with van der Waals surface area (Å²) in [6.45, 7) is 3.66. The molecule has 0 saturated carbocycles. The number of nitrogens with two attached hydrogens (primary N) is 1. The lowest BCUT2D eigenvalue weighted by molar-refractivity contribution is 0.509. The van der Waals surface area contributed by atoms with Gasteiger partial charge in [-0.05, 0) is 25.0 Å². The molecule has 1 aromatic heterocycles. The van der Waals surface area contributed by atoms with Crippen molar-refractivity contribution in [2.45, 2.75) is 18.9 Å². The molecule has 0 bridgehead atoms. The van der Waals surface area contributed by atoms with E-state index in [1.165, 1.54) is 0 Å². The largest absolute Gasteiger partial charge is 0.271 e. The summed E-state index contributed by atoms with van der Waals surface area (Å²) in [5.41, 5.74) is 3.49. The number of nitrogens with one attached hydrogen (secondary N) is 1. The molecule has 0 saturated heterocycles. The Kier molecular flexibility index (Phi) is 4.59. The molecule has 1 rings (SSSR count). The van der Waals surface area contributed by atoms with Crippen molar-refractivity contribution in [3.8, 4) is 0 Å². The summed E-state index contributed by atoms with van der Waals surface area (Å²) >= 11 is 5.99. The van der Waals surface area contributed by atoms with Gasteiger partial charge in [-0.25, -0.2) is 0 Å². The van der Waals surface area contributed by atoms with Crippen LogP contribution >= 0.6 is 11.6 Å². The molecule has 0 aliphatic heterocycles. The van der Waals surface area contributed by atoms with E-state index >= 15 is 0 Å². The second-order valence-corrected chi connectivity index (χ2v) is 3.36. The smallest absolute Gasteiger partial charge is 0.0772 e. The maximum Gasteiger partial charge on any atom is 0.0772 e. The Balaban J connectivity index is 2.78. The van der Waals surface area contributed by atoms with Crippen LogP contribution in [-0.2, 0) is 0 Å². The van der Waals surface area contributed by atoms with Crippen LogP contribution in [-0.4, -0.2) is 4.98 Å². The third-order valence-electron chi connectivity index (χ3n) is 1.98. The summed E-state index contributed by atoms with van der Waals surface area (Å²) in [6.07, 6.45) is 5.28. The molecule has 0 aliphatic rings. The molecule has 1 heterocycles. The fourth-order valence-electron chi connectivity index (χ4n) is 1.24. The van der Waals surface area contributed by atoms with Crippen molar-refractivity contribution >= 4 is 11.6 Å². The van der Waals surface area contributed by atoms with Crippen molar-refractivity contribution in [3.63, 3.8) is 0 Å². The molecule has 0 fully saturated rings. The minimum Gasteiger partial charge on any atom is -0.271 e. The number of allylic oxidation sites excluding steroid dienone is 1. The van der Waals surface area contributed by atoms with Crippen molar-refractivity contribution in [2.75, 3.05) is 0 Å². The van der Waals surface area contributed by atoms with Gasteiger partial charge in [-0.3, -0.25) is 16.3 Å². The molecule has 3 nitrogen and oxygen atoms in total. The zero-order chi connectivity index (χ0) is 10.4. The summed E-state index contributed by atoms with van der Waals surface area (Å²) in [4.78, 5) is 4.19. The lowest BCUT2D eigenvalue weighted by Gasteiger charge is -2.15. The topological polar surface area (TPSA) is 50.9 Å². The predicted molar refractivity (Wildman–Crippen MR) is 58.7 cm³/mol. The molecular weight excluding hydrogens is 198 g/mol. The van der Waals surface area contributed by atoms with Crippen LogP contribution in [0.25, 0.3) is 0 Å². The number of rotatable bonds is 5. The number of nitrogens with zero attached hydrogens (tertiary/aromatic N) is 1. The van der Waals surface area contributed by atoms with E-state index in [0.29, 0.717) is 5.02 Å². The molecule has 4 heteroatoms. The van der Waals surface area contributed by atoms with Crippen LogP contribution in [0.2, 0.25) is 5.02 Å². The molecule has 14 heavy (non-hydrogen) atoms. The summed E-state index contributed by atoms with van der Waals surface area (Å²) in [7, 11) is 0. The highest BCUT2D eigenvalue weighted by atomic mass is 35.5. The molecule has 3 N–H and O–H groups in total. The van der Waals surface area contributed by atoms with Gasteiger partial charge in [-0.15, -0.1) is 6.58 Å². The molecule has 1 aromatic rings. The Hall–Kier alpha value is -0.900. The van der Waals surface area contributed by atoms with E-state index in [9.17, 15) is 0 Å². The Bertz CT molecular complexity index is 301. The van der Waals surface area contributed by atoms with Gasteiger partial charge >= 0.3 is 0 Å². The van der Waals surface area contributed by atoms with E-state index in [4.69, 9.17) is 17.4 Å². The van der Waals surface area contributed by atoms with E-state index in [2.05, 4.69) is 17.0 Å². The Morgan fingerprint density at radius 3 is 3.07 bits per heavy atom. The molecule has 0 aliphatic carbocycles. The van der Waals surface area contributed by atoms with Crippen molar-refractivity contribution in [2.24, 2.45) is 5.84 Å². The highest BCUT2D eigenvalue weighted by Crippen LogP contribution is 2.22. The number of pyridine rings is 1. The standard InChI is InChI=1S/C10H14ClN3/c1-2-3-6-9(14-12)10-8(11)5-4-7-13-10/h2,4-5,7,9,14H,1,3,6,12H2. The maximum atomic E-state index is 5.99. The second kappa shape index (κ2) is 5.75. The van der Waals surface area contributed by atoms with Crippen LogP contribution in [0.1, 0.15) is 24.6 Å². The third-order valence-corrected chi connectivity index (χ3v) is 2.30. The van der Waals surface area contributed by atoms with Crippen molar-refractivity contribution in [1.82, 2.24) is 10.4 Å². The fraction of sp³-hybridized carbons (Fsp3) is 0.300. The van der Waals surface area contributed by atoms with Gasteiger partial charge in [0.1, 0.15) is 0 Å². The van der Waals surface area contributed by atoms with Gasteiger partial charge in [-0.2, -0.15) is 0 Å². The zero-order valence-electron chi connectivity index (χ0n) is 7.91. The van der Waals surface area contributed by atoms with E-state index in [1.54, 1.807) is 12.3 Å². The van der Waals surface area contributed by atoms with Crippen LogP contribution < -0.4 is 11.3 Å². The minimum absolute atomic E-state index is 0.0123. The van der Waals surface area contributed by atoms with E-state index in [-0.39, 0.29) is 6.04 Å². The zero-order valence-corrected chi connectivity index (χ0v) is 8.67. The van der Waals surface area contributed by atoms with Gasteiger partial charge in [0, 0.05) is 6.20 Å². The van der Waals surface area contributed by atoms with Crippen molar-refractivity contribution in [1.29, 1.82) is 0 Å². The number of hydrogen-bond acceptors (Lipinski definition) is 3. The Morgan fingerprint density at radius 1 is 1.71 bits per heavy atom. The first-order valence-corrected chi connectivity index (χ1v) is 4.84. The van der Waals surface area contributed by atoms with Gasteiger partial charge < -0.3 is 0 Å². The van der Waals surface area contributed by atoms with Gasteiger partial charge in [0.25, 0.3) is 0 Å². The molecule has 0 aromatic carbocycles. The Labute approximate surface area is 88.9 Å². The number of halogens is 1. The SMILES string of the molecule is C=CCCC(NN)c1ncccc1Cl. The number of hydrogen-bond donors (Lipinski definition) is 2. The highest BCUT2D eigenvalue weighted by molar-refractivity contribution is 6.31. The van der Waals surface area contributed by atoms with E-state index in [1.807, 2.05) is 12.1 Å². The van der Waals surface area contributed by atoms with Crippen LogP contribution in [0.4, 0.5) is 0 Å². The van der Waals surface area contributed by atoms with Crippen LogP contribution in [0, 0.1) is 0 Å². The first-order chi connectivity index (χ1) is 6.79. The van der Waals surface area contributed by atoms with Gasteiger partial charge in [0.05, 0.1) is 16.8 Å². The first-order valence-electron chi connectivity index (χ1n) is 4.47. The lowest BCUT2D eigenvalue weighted by atomic mass is 10.1. The molecular formula is C10H14ClN3. The molecule has 1 atom stereocenters. The Morgan fingerprint density at radius 2 is 2.50 bits per heavy atom. The third kappa shape index (κ3) is 2.80. The molecule has 0 amide bonds.